The standard InChI is InChI=1S/C18H22N2O3S/c1-11(14-7-5-4-6-8-14)9-10-15(21)19-13(3)17-20-12(2)16(24-17)18(22)23/h4-8,11,13H,9-10H2,1-3H3,(H,19,21)(H,22,23). The molecule has 2 unspecified atom stereocenters. The number of benzene rings is 1. The number of carbonyl (C=O) groups is 2. The molecule has 0 radical (unpaired) electrons. The number of carboxylic acids is 1. The maximum atomic E-state index is 12.1. The molecule has 5 nitrogen and oxygen atoms in total. The summed E-state index contributed by atoms with van der Waals surface area (Å²) in [5.74, 6) is -0.713. The van der Waals surface area contributed by atoms with Gasteiger partial charge in [-0.05, 0) is 31.7 Å². The van der Waals surface area contributed by atoms with Crippen LogP contribution < -0.4 is 5.32 Å². The lowest BCUT2D eigenvalue weighted by Gasteiger charge is -2.14. The van der Waals surface area contributed by atoms with Crippen molar-refractivity contribution < 1.29 is 14.7 Å². The van der Waals surface area contributed by atoms with Gasteiger partial charge in [0.1, 0.15) is 9.88 Å². The lowest BCUT2D eigenvalue weighted by atomic mass is 9.96. The van der Waals surface area contributed by atoms with E-state index in [1.54, 1.807) is 6.92 Å². The van der Waals surface area contributed by atoms with Crippen molar-refractivity contribution in [3.05, 3.63) is 51.5 Å². The number of thiazole rings is 1. The highest BCUT2D eigenvalue weighted by atomic mass is 32.1. The van der Waals surface area contributed by atoms with E-state index in [0.717, 1.165) is 17.8 Å². The molecule has 0 aliphatic heterocycles. The van der Waals surface area contributed by atoms with Gasteiger partial charge < -0.3 is 10.4 Å². The molecule has 2 rings (SSSR count). The number of aromatic nitrogens is 1. The summed E-state index contributed by atoms with van der Waals surface area (Å²) in [5, 5.41) is 12.6. The van der Waals surface area contributed by atoms with E-state index < -0.39 is 5.97 Å². The first-order valence-corrected chi connectivity index (χ1v) is 8.75. The van der Waals surface area contributed by atoms with Gasteiger partial charge in [0.25, 0.3) is 0 Å². The van der Waals surface area contributed by atoms with Crippen LogP contribution in [0.4, 0.5) is 0 Å². The van der Waals surface area contributed by atoms with Gasteiger partial charge in [0.15, 0.2) is 0 Å². The fraction of sp³-hybridized carbons (Fsp3) is 0.389. The maximum Gasteiger partial charge on any atom is 0.347 e. The van der Waals surface area contributed by atoms with Crippen molar-refractivity contribution in [3.63, 3.8) is 0 Å². The second-order valence-electron chi connectivity index (χ2n) is 5.91. The van der Waals surface area contributed by atoms with E-state index in [1.165, 1.54) is 5.56 Å². The Hall–Kier alpha value is -2.21. The van der Waals surface area contributed by atoms with Crippen LogP contribution in [-0.4, -0.2) is 22.0 Å². The molecule has 1 aromatic carbocycles. The van der Waals surface area contributed by atoms with E-state index in [-0.39, 0.29) is 16.8 Å². The molecule has 0 aliphatic rings. The third-order valence-electron chi connectivity index (χ3n) is 3.93. The van der Waals surface area contributed by atoms with Gasteiger partial charge in [-0.3, -0.25) is 4.79 Å². The minimum absolute atomic E-state index is 0.0463. The first-order chi connectivity index (χ1) is 11.4. The van der Waals surface area contributed by atoms with Gasteiger partial charge >= 0.3 is 5.97 Å². The molecule has 128 valence electrons. The van der Waals surface area contributed by atoms with Gasteiger partial charge in [-0.2, -0.15) is 0 Å². The highest BCUT2D eigenvalue weighted by Gasteiger charge is 2.19. The van der Waals surface area contributed by atoms with Crippen LogP contribution in [0, 0.1) is 6.92 Å². The summed E-state index contributed by atoms with van der Waals surface area (Å²) in [6.45, 7) is 5.59. The Morgan fingerprint density at radius 3 is 2.50 bits per heavy atom. The second-order valence-corrected chi connectivity index (χ2v) is 6.94. The van der Waals surface area contributed by atoms with E-state index in [1.807, 2.05) is 25.1 Å². The predicted octanol–water partition coefficient (Wildman–Crippen LogP) is 3.91. The van der Waals surface area contributed by atoms with E-state index >= 15 is 0 Å². The summed E-state index contributed by atoms with van der Waals surface area (Å²) in [4.78, 5) is 27.7. The monoisotopic (exact) mass is 346 g/mol. The van der Waals surface area contributed by atoms with Gasteiger partial charge in [0.2, 0.25) is 5.91 Å². The van der Waals surface area contributed by atoms with Gasteiger partial charge in [0.05, 0.1) is 11.7 Å². The summed E-state index contributed by atoms with van der Waals surface area (Å²) >= 11 is 1.11. The largest absolute Gasteiger partial charge is 0.477 e. The topological polar surface area (TPSA) is 79.3 Å². The van der Waals surface area contributed by atoms with Gasteiger partial charge in [-0.25, -0.2) is 9.78 Å². The van der Waals surface area contributed by atoms with E-state index in [9.17, 15) is 9.59 Å². The van der Waals surface area contributed by atoms with Crippen molar-refractivity contribution in [2.75, 3.05) is 0 Å². The highest BCUT2D eigenvalue weighted by molar-refractivity contribution is 7.13. The lowest BCUT2D eigenvalue weighted by Crippen LogP contribution is -2.26. The third-order valence-corrected chi connectivity index (χ3v) is 5.26. The van der Waals surface area contributed by atoms with Crippen molar-refractivity contribution >= 4 is 23.2 Å². The Kier molecular flexibility index (Phi) is 6.09. The Morgan fingerprint density at radius 2 is 1.92 bits per heavy atom. The number of amides is 1. The van der Waals surface area contributed by atoms with E-state index in [4.69, 9.17) is 5.11 Å². The first kappa shape index (κ1) is 18.1. The van der Waals surface area contributed by atoms with Crippen LogP contribution >= 0.6 is 11.3 Å². The number of carboxylic acid groups (broad SMARTS) is 1. The molecule has 2 atom stereocenters. The summed E-state index contributed by atoms with van der Waals surface area (Å²) < 4.78 is 0. The predicted molar refractivity (Wildman–Crippen MR) is 94.5 cm³/mol. The summed E-state index contributed by atoms with van der Waals surface area (Å²) in [5.41, 5.74) is 1.71. The lowest BCUT2D eigenvalue weighted by molar-refractivity contribution is -0.121. The third kappa shape index (κ3) is 4.64. The zero-order chi connectivity index (χ0) is 17.7. The maximum absolute atomic E-state index is 12.1. The summed E-state index contributed by atoms with van der Waals surface area (Å²) in [6, 6.07) is 9.82. The zero-order valence-electron chi connectivity index (χ0n) is 14.1. The van der Waals surface area contributed by atoms with Crippen LogP contribution in [0.15, 0.2) is 30.3 Å². The van der Waals surface area contributed by atoms with Crippen LogP contribution in [-0.2, 0) is 4.79 Å². The number of carbonyl (C=O) groups excluding carboxylic acids is 1. The average molecular weight is 346 g/mol. The molecule has 0 saturated heterocycles. The minimum Gasteiger partial charge on any atom is -0.477 e. The van der Waals surface area contributed by atoms with Crippen LogP contribution in [0.3, 0.4) is 0 Å². The van der Waals surface area contributed by atoms with E-state index in [2.05, 4.69) is 29.4 Å². The molecule has 0 fully saturated rings. The highest BCUT2D eigenvalue weighted by Crippen LogP contribution is 2.24. The number of rotatable bonds is 7. The zero-order valence-corrected chi connectivity index (χ0v) is 14.9. The van der Waals surface area contributed by atoms with Crippen molar-refractivity contribution in [2.45, 2.75) is 45.6 Å². The average Bonchev–Trinajstić information content (AvgIpc) is 2.95. The van der Waals surface area contributed by atoms with E-state index in [0.29, 0.717) is 23.0 Å². The number of nitrogens with zero attached hydrogens (tertiary/aromatic N) is 1. The Labute approximate surface area is 145 Å². The van der Waals surface area contributed by atoms with Crippen LogP contribution in [0.25, 0.3) is 0 Å². The van der Waals surface area contributed by atoms with Crippen LogP contribution in [0.2, 0.25) is 0 Å². The van der Waals surface area contributed by atoms with Crippen molar-refractivity contribution in [3.8, 4) is 0 Å². The van der Waals surface area contributed by atoms with Gasteiger partial charge in [-0.15, -0.1) is 11.3 Å². The second kappa shape index (κ2) is 8.06. The minimum atomic E-state index is -0.980. The molecule has 0 spiro atoms. The van der Waals surface area contributed by atoms with Crippen molar-refractivity contribution in [1.82, 2.24) is 10.3 Å². The molecule has 0 aliphatic carbocycles. The molecule has 1 amide bonds. The number of aryl methyl sites for hydroxylation is 1. The number of hydrogen-bond donors (Lipinski definition) is 2. The van der Waals surface area contributed by atoms with Crippen LogP contribution in [0.5, 0.6) is 0 Å². The fourth-order valence-electron chi connectivity index (χ4n) is 2.47. The number of aromatic carboxylic acids is 1. The summed E-state index contributed by atoms with van der Waals surface area (Å²) in [7, 11) is 0. The number of hydrogen-bond acceptors (Lipinski definition) is 4. The number of nitrogens with one attached hydrogen (secondary N) is 1. The molecular formula is C18H22N2O3S. The Bertz CT molecular complexity index is 712. The Balaban J connectivity index is 1.88. The normalized spacial score (nSPS) is 13.3. The van der Waals surface area contributed by atoms with Gasteiger partial charge in [-0.1, -0.05) is 37.3 Å². The van der Waals surface area contributed by atoms with Crippen molar-refractivity contribution in [1.29, 1.82) is 0 Å². The molecule has 6 heteroatoms. The van der Waals surface area contributed by atoms with Crippen LogP contribution in [0.1, 0.15) is 64.6 Å². The quantitative estimate of drug-likeness (QED) is 0.796. The molecule has 0 bridgehead atoms. The SMILES string of the molecule is Cc1nc(C(C)NC(=O)CCC(C)c2ccccc2)sc1C(=O)O. The smallest absolute Gasteiger partial charge is 0.347 e. The molecular weight excluding hydrogens is 324 g/mol. The molecule has 2 N–H and O–H groups in total. The first-order valence-electron chi connectivity index (χ1n) is 7.93. The molecule has 24 heavy (non-hydrogen) atoms. The van der Waals surface area contributed by atoms with Crippen molar-refractivity contribution in [2.24, 2.45) is 0 Å². The molecule has 0 saturated carbocycles. The van der Waals surface area contributed by atoms with Gasteiger partial charge in [0, 0.05) is 6.42 Å². The fourth-order valence-corrected chi connectivity index (χ4v) is 3.38. The summed E-state index contributed by atoms with van der Waals surface area (Å²) in [6.07, 6.45) is 1.19. The molecule has 1 heterocycles. The molecule has 1 aromatic heterocycles. The Morgan fingerprint density at radius 1 is 1.25 bits per heavy atom. The molecule has 2 aromatic rings.